The van der Waals surface area contributed by atoms with Crippen LogP contribution in [0.4, 0.5) is 0 Å². The van der Waals surface area contributed by atoms with Crippen molar-refractivity contribution < 1.29 is 4.79 Å². The maximum Gasteiger partial charge on any atom is 0.251 e. The minimum absolute atomic E-state index is 0.0177. The molecule has 0 saturated carbocycles. The number of halogens is 2. The number of hydrogen-bond donors (Lipinski definition) is 1. The Hall–Kier alpha value is -1.49. The summed E-state index contributed by atoms with van der Waals surface area (Å²) in [5.41, 5.74) is 5.00. The van der Waals surface area contributed by atoms with Crippen molar-refractivity contribution in [3.63, 3.8) is 0 Å². The summed E-state index contributed by atoms with van der Waals surface area (Å²) in [6.45, 7) is 2.71. The molecule has 1 fully saturated rings. The molecule has 0 aliphatic carbocycles. The average Bonchev–Trinajstić information content (AvgIpc) is 3.07. The largest absolute Gasteiger partial charge is 0.348 e. The summed E-state index contributed by atoms with van der Waals surface area (Å²) >= 11 is 14.1. The topological polar surface area (TPSA) is 41.5 Å². The van der Waals surface area contributed by atoms with Gasteiger partial charge < -0.3 is 5.32 Å². The smallest absolute Gasteiger partial charge is 0.251 e. The number of aryl methyl sites for hydroxylation is 1. The van der Waals surface area contributed by atoms with E-state index >= 15 is 0 Å². The Kier molecular flexibility index (Phi) is 5.49. The molecule has 1 N–H and O–H groups in total. The molecular formula is C21H20Cl2N2OS. The van der Waals surface area contributed by atoms with Crippen molar-refractivity contribution in [2.24, 2.45) is 4.99 Å². The molecule has 2 aromatic rings. The molecule has 2 aromatic carbocycles. The van der Waals surface area contributed by atoms with Gasteiger partial charge in [0.25, 0.3) is 5.91 Å². The van der Waals surface area contributed by atoms with Gasteiger partial charge in [-0.3, -0.25) is 9.79 Å². The lowest BCUT2D eigenvalue weighted by atomic mass is 9.93. The van der Waals surface area contributed by atoms with Crippen molar-refractivity contribution in [2.45, 2.75) is 25.3 Å². The fourth-order valence-electron chi connectivity index (χ4n) is 3.51. The number of hydrogen-bond acceptors (Lipinski definition) is 3. The number of amides is 1. The molecule has 4 rings (SSSR count). The van der Waals surface area contributed by atoms with E-state index in [0.717, 1.165) is 52.4 Å². The highest BCUT2D eigenvalue weighted by molar-refractivity contribution is 8.00. The Morgan fingerprint density at radius 1 is 1.15 bits per heavy atom. The number of rotatable bonds is 4. The molecule has 1 saturated heterocycles. The third-order valence-electron chi connectivity index (χ3n) is 5.08. The van der Waals surface area contributed by atoms with E-state index in [2.05, 4.69) is 11.4 Å². The molecule has 140 valence electrons. The molecule has 0 bridgehead atoms. The first-order valence-electron chi connectivity index (χ1n) is 8.98. The minimum Gasteiger partial charge on any atom is -0.348 e. The molecule has 1 atom stereocenters. The van der Waals surface area contributed by atoms with Crippen molar-refractivity contribution >= 4 is 46.6 Å². The summed E-state index contributed by atoms with van der Waals surface area (Å²) in [4.78, 5) is 17.2. The summed E-state index contributed by atoms with van der Waals surface area (Å²) in [5.74, 6) is 2.32. The molecule has 1 amide bonds. The van der Waals surface area contributed by atoms with Gasteiger partial charge in [0, 0.05) is 51.3 Å². The van der Waals surface area contributed by atoms with E-state index < -0.39 is 0 Å². The van der Waals surface area contributed by atoms with Gasteiger partial charge in [0.05, 0.1) is 0 Å². The number of nitrogens with one attached hydrogen (secondary N) is 1. The van der Waals surface area contributed by atoms with Crippen molar-refractivity contribution in [3.8, 4) is 0 Å². The van der Waals surface area contributed by atoms with Crippen LogP contribution < -0.4 is 5.32 Å². The van der Waals surface area contributed by atoms with Gasteiger partial charge in [-0.2, -0.15) is 11.8 Å². The van der Waals surface area contributed by atoms with Crippen molar-refractivity contribution in [1.29, 1.82) is 0 Å². The molecular weight excluding hydrogens is 399 g/mol. The minimum atomic E-state index is 0.0177. The molecule has 27 heavy (non-hydrogen) atoms. The highest BCUT2D eigenvalue weighted by Crippen LogP contribution is 2.32. The molecule has 3 nitrogen and oxygen atoms in total. The number of benzene rings is 2. The average molecular weight is 419 g/mol. The van der Waals surface area contributed by atoms with Crippen LogP contribution in [-0.2, 0) is 0 Å². The van der Waals surface area contributed by atoms with Crippen LogP contribution in [0.25, 0.3) is 0 Å². The van der Waals surface area contributed by atoms with Gasteiger partial charge in [0.2, 0.25) is 0 Å². The SMILES string of the molecule is Cc1cc(C2=NCC(c3cc(Cl)cc(Cl)c3)C2)ccc1C(=O)NC1CSC1. The molecule has 0 radical (unpaired) electrons. The first kappa shape index (κ1) is 18.9. The van der Waals surface area contributed by atoms with Crippen LogP contribution in [0.5, 0.6) is 0 Å². The second-order valence-electron chi connectivity index (χ2n) is 7.13. The van der Waals surface area contributed by atoms with Crippen LogP contribution in [0, 0.1) is 6.92 Å². The zero-order valence-corrected chi connectivity index (χ0v) is 17.3. The molecule has 0 spiro atoms. The number of nitrogens with zero attached hydrogens (tertiary/aromatic N) is 1. The van der Waals surface area contributed by atoms with Crippen molar-refractivity contribution in [3.05, 3.63) is 68.7 Å². The third-order valence-corrected chi connectivity index (χ3v) is 6.79. The fraction of sp³-hybridized carbons (Fsp3) is 0.333. The van der Waals surface area contributed by atoms with Crippen LogP contribution in [0.1, 0.15) is 39.4 Å². The Morgan fingerprint density at radius 2 is 1.89 bits per heavy atom. The lowest BCUT2D eigenvalue weighted by Crippen LogP contribution is -2.44. The predicted octanol–water partition coefficient (Wildman–Crippen LogP) is 5.12. The van der Waals surface area contributed by atoms with E-state index in [4.69, 9.17) is 28.2 Å². The normalized spacial score (nSPS) is 19.5. The number of carbonyl (C=O) groups excluding carboxylic acids is 1. The van der Waals surface area contributed by atoms with Gasteiger partial charge in [0.15, 0.2) is 0 Å². The Bertz CT molecular complexity index is 904. The van der Waals surface area contributed by atoms with E-state index in [1.165, 1.54) is 0 Å². The quantitative estimate of drug-likeness (QED) is 0.747. The van der Waals surface area contributed by atoms with E-state index in [1.807, 2.05) is 43.0 Å². The first-order valence-corrected chi connectivity index (χ1v) is 10.9. The second kappa shape index (κ2) is 7.86. The van der Waals surface area contributed by atoms with Crippen LogP contribution in [-0.4, -0.2) is 35.7 Å². The summed E-state index contributed by atoms with van der Waals surface area (Å²) in [6, 6.07) is 12.0. The maximum atomic E-state index is 12.4. The predicted molar refractivity (Wildman–Crippen MR) is 115 cm³/mol. The number of aliphatic imine (C=N–C) groups is 1. The fourth-order valence-corrected chi connectivity index (χ4v) is 4.69. The number of thioether (sulfide) groups is 1. The zero-order chi connectivity index (χ0) is 19.0. The van der Waals surface area contributed by atoms with Gasteiger partial charge in [-0.05, 0) is 60.4 Å². The van der Waals surface area contributed by atoms with Crippen LogP contribution in [0.3, 0.4) is 0 Å². The maximum absolute atomic E-state index is 12.4. The Balaban J connectivity index is 1.47. The molecule has 1 unspecified atom stereocenters. The van der Waals surface area contributed by atoms with Gasteiger partial charge in [-0.15, -0.1) is 0 Å². The molecule has 2 aliphatic heterocycles. The molecule has 6 heteroatoms. The van der Waals surface area contributed by atoms with E-state index in [9.17, 15) is 4.79 Å². The third kappa shape index (κ3) is 4.18. The van der Waals surface area contributed by atoms with E-state index in [-0.39, 0.29) is 11.8 Å². The first-order chi connectivity index (χ1) is 13.0. The molecule has 2 heterocycles. The lowest BCUT2D eigenvalue weighted by molar-refractivity contribution is 0.0942. The second-order valence-corrected chi connectivity index (χ2v) is 9.08. The lowest BCUT2D eigenvalue weighted by Gasteiger charge is -2.26. The summed E-state index contributed by atoms with van der Waals surface area (Å²) in [6.07, 6.45) is 0.848. The highest BCUT2D eigenvalue weighted by atomic mass is 35.5. The molecule has 2 aliphatic rings. The van der Waals surface area contributed by atoms with Crippen LogP contribution in [0.2, 0.25) is 10.0 Å². The van der Waals surface area contributed by atoms with Gasteiger partial charge >= 0.3 is 0 Å². The zero-order valence-electron chi connectivity index (χ0n) is 15.0. The van der Waals surface area contributed by atoms with E-state index in [0.29, 0.717) is 16.1 Å². The van der Waals surface area contributed by atoms with Crippen LogP contribution in [0.15, 0.2) is 41.4 Å². The number of carbonyl (C=O) groups is 1. The van der Waals surface area contributed by atoms with Crippen molar-refractivity contribution in [1.82, 2.24) is 5.32 Å². The van der Waals surface area contributed by atoms with Gasteiger partial charge in [-0.25, -0.2) is 0 Å². The highest BCUT2D eigenvalue weighted by Gasteiger charge is 2.24. The van der Waals surface area contributed by atoms with E-state index in [1.54, 1.807) is 6.07 Å². The summed E-state index contributed by atoms with van der Waals surface area (Å²) in [7, 11) is 0. The molecule has 0 aromatic heterocycles. The van der Waals surface area contributed by atoms with Gasteiger partial charge in [0.1, 0.15) is 0 Å². The monoisotopic (exact) mass is 418 g/mol. The van der Waals surface area contributed by atoms with Crippen LogP contribution >= 0.6 is 35.0 Å². The standard InChI is InChI=1S/C21H20Cl2N2OS/c1-12-4-13(2-3-19(12)21(26)25-18-10-27-11-18)20-7-15(9-24-20)14-5-16(22)8-17(23)6-14/h2-6,8,15,18H,7,9-11H2,1H3,(H,25,26). The Morgan fingerprint density at radius 3 is 2.52 bits per heavy atom. The van der Waals surface area contributed by atoms with Crippen molar-refractivity contribution in [2.75, 3.05) is 18.1 Å². The Labute approximate surface area is 173 Å². The summed E-state index contributed by atoms with van der Waals surface area (Å²) < 4.78 is 0. The summed E-state index contributed by atoms with van der Waals surface area (Å²) in [5, 5.41) is 4.40. The van der Waals surface area contributed by atoms with Gasteiger partial charge in [-0.1, -0.05) is 29.3 Å².